The monoisotopic (exact) mass is 414 g/mol. The van der Waals surface area contributed by atoms with E-state index < -0.39 is 6.04 Å². The van der Waals surface area contributed by atoms with Crippen LogP contribution in [0.5, 0.6) is 0 Å². The van der Waals surface area contributed by atoms with Crippen LogP contribution in [0.1, 0.15) is 53.8 Å². The molecule has 0 radical (unpaired) electrons. The fourth-order valence-corrected chi connectivity index (χ4v) is 4.29. The maximum absolute atomic E-state index is 12.9. The van der Waals surface area contributed by atoms with E-state index in [1.54, 1.807) is 43.3 Å². The Morgan fingerprint density at radius 3 is 2.59 bits per heavy atom. The molecule has 29 heavy (non-hydrogen) atoms. The molecule has 2 aromatic rings. The van der Waals surface area contributed by atoms with Crippen molar-refractivity contribution in [2.45, 2.75) is 44.8 Å². The van der Waals surface area contributed by atoms with Crippen LogP contribution in [0.3, 0.4) is 0 Å². The van der Waals surface area contributed by atoms with Gasteiger partial charge in [-0.1, -0.05) is 30.3 Å². The number of likely N-dealkylation sites (N-methyl/N-ethyl adjacent to an activating group) is 1. The minimum Gasteiger partial charge on any atom is -0.343 e. The largest absolute Gasteiger partial charge is 0.343 e. The van der Waals surface area contributed by atoms with E-state index in [0.29, 0.717) is 17.8 Å². The Morgan fingerprint density at radius 1 is 1.17 bits per heavy atom. The molecular formula is C21H26N4O3S. The van der Waals surface area contributed by atoms with Gasteiger partial charge in [-0.05, 0) is 33.7 Å². The molecule has 0 spiro atoms. The number of aromatic nitrogens is 1. The first-order valence-corrected chi connectivity index (χ1v) is 10.6. The summed E-state index contributed by atoms with van der Waals surface area (Å²) in [5, 5.41) is 8.14. The topological polar surface area (TPSA) is 91.4 Å². The minimum absolute atomic E-state index is 0.120. The van der Waals surface area contributed by atoms with Gasteiger partial charge in [0.1, 0.15) is 16.7 Å². The van der Waals surface area contributed by atoms with E-state index in [0.717, 1.165) is 17.8 Å². The lowest BCUT2D eigenvalue weighted by Crippen LogP contribution is -2.51. The Bertz CT molecular complexity index is 883. The maximum Gasteiger partial charge on any atom is 0.245 e. The molecule has 2 amide bonds. The summed E-state index contributed by atoms with van der Waals surface area (Å²) in [5.41, 5.74) is 0.999. The van der Waals surface area contributed by atoms with Crippen molar-refractivity contribution in [2.75, 3.05) is 13.6 Å². The van der Waals surface area contributed by atoms with Gasteiger partial charge >= 0.3 is 0 Å². The van der Waals surface area contributed by atoms with E-state index in [1.807, 2.05) is 18.2 Å². The number of carbonyl (C=O) groups excluding carboxylic acids is 3. The summed E-state index contributed by atoms with van der Waals surface area (Å²) in [6.07, 6.45) is 1.66. The van der Waals surface area contributed by atoms with Gasteiger partial charge in [0.25, 0.3) is 0 Å². The molecule has 1 fully saturated rings. The van der Waals surface area contributed by atoms with Crippen LogP contribution in [0.25, 0.3) is 0 Å². The molecule has 0 aliphatic carbocycles. The number of nitrogens with zero attached hydrogens (tertiary/aromatic N) is 2. The number of rotatable bonds is 7. The summed E-state index contributed by atoms with van der Waals surface area (Å²) >= 11 is 1.40. The highest BCUT2D eigenvalue weighted by molar-refractivity contribution is 7.10. The summed E-state index contributed by atoms with van der Waals surface area (Å²) in [5.74, 6) is -0.463. The number of ketones is 1. The minimum atomic E-state index is -0.621. The Hall–Kier alpha value is -2.58. The Balaban J connectivity index is 1.71. The molecule has 3 rings (SSSR count). The number of amides is 2. The average Bonchev–Trinajstić information content (AvgIpc) is 3.41. The van der Waals surface area contributed by atoms with E-state index in [2.05, 4.69) is 15.6 Å². The van der Waals surface area contributed by atoms with Gasteiger partial charge in [-0.25, -0.2) is 4.98 Å². The third kappa shape index (κ3) is 4.71. The van der Waals surface area contributed by atoms with E-state index >= 15 is 0 Å². The molecule has 7 nitrogen and oxygen atoms in total. The summed E-state index contributed by atoms with van der Waals surface area (Å²) in [6, 6.07) is 7.89. The van der Waals surface area contributed by atoms with E-state index in [-0.39, 0.29) is 29.7 Å². The van der Waals surface area contributed by atoms with E-state index in [1.165, 1.54) is 11.3 Å². The first-order valence-electron chi connectivity index (χ1n) is 9.75. The SMILES string of the molecule is CN[C@@H](C)C(=O)NC(C)C(=O)N1CCC[C@@H]1c1nc(C(=O)c2ccccc2)cs1. The number of thiazole rings is 1. The molecule has 1 aromatic carbocycles. The van der Waals surface area contributed by atoms with Crippen LogP contribution in [0.2, 0.25) is 0 Å². The standard InChI is InChI=1S/C21H26N4O3S/c1-13(22-3)19(27)23-14(2)21(28)25-11-7-10-17(25)20-24-16(12-29-20)18(26)15-8-5-4-6-9-15/h4-6,8-9,12-14,17,22H,7,10-11H2,1-3H3,(H,23,27)/t13-,14?,17+/m0/s1. The van der Waals surface area contributed by atoms with Crippen LogP contribution in [-0.2, 0) is 9.59 Å². The molecular weight excluding hydrogens is 388 g/mol. The second-order valence-corrected chi connectivity index (χ2v) is 8.09. The van der Waals surface area contributed by atoms with Gasteiger partial charge in [-0.15, -0.1) is 11.3 Å². The zero-order valence-corrected chi connectivity index (χ0v) is 17.7. The molecule has 154 valence electrons. The Morgan fingerprint density at radius 2 is 1.90 bits per heavy atom. The van der Waals surface area contributed by atoms with Crippen molar-refractivity contribution in [1.82, 2.24) is 20.5 Å². The first-order chi connectivity index (χ1) is 13.9. The Kier molecular flexibility index (Phi) is 6.76. The third-order valence-electron chi connectivity index (χ3n) is 5.17. The second kappa shape index (κ2) is 9.28. The second-order valence-electron chi connectivity index (χ2n) is 7.20. The van der Waals surface area contributed by atoms with Crippen LogP contribution in [0.4, 0.5) is 0 Å². The predicted molar refractivity (Wildman–Crippen MR) is 112 cm³/mol. The van der Waals surface area contributed by atoms with Crippen molar-refractivity contribution in [3.63, 3.8) is 0 Å². The highest BCUT2D eigenvalue weighted by Crippen LogP contribution is 2.34. The van der Waals surface area contributed by atoms with Gasteiger partial charge in [0.2, 0.25) is 17.6 Å². The number of carbonyl (C=O) groups is 3. The fourth-order valence-electron chi connectivity index (χ4n) is 3.35. The maximum atomic E-state index is 12.9. The number of hydrogen-bond donors (Lipinski definition) is 2. The molecule has 1 aromatic heterocycles. The van der Waals surface area contributed by atoms with Crippen LogP contribution >= 0.6 is 11.3 Å². The molecule has 2 N–H and O–H groups in total. The lowest BCUT2D eigenvalue weighted by atomic mass is 10.1. The molecule has 1 aliphatic rings. The van der Waals surface area contributed by atoms with Crippen molar-refractivity contribution in [3.8, 4) is 0 Å². The van der Waals surface area contributed by atoms with E-state index in [9.17, 15) is 14.4 Å². The van der Waals surface area contributed by atoms with Crippen molar-refractivity contribution < 1.29 is 14.4 Å². The quantitative estimate of drug-likeness (QED) is 0.678. The molecule has 0 saturated carbocycles. The molecule has 0 bridgehead atoms. The fraction of sp³-hybridized carbons (Fsp3) is 0.429. The van der Waals surface area contributed by atoms with Crippen molar-refractivity contribution in [1.29, 1.82) is 0 Å². The summed E-state index contributed by atoms with van der Waals surface area (Å²) in [4.78, 5) is 43.9. The molecule has 1 unspecified atom stereocenters. The third-order valence-corrected chi connectivity index (χ3v) is 6.11. The normalized spacial score (nSPS) is 18.3. The van der Waals surface area contributed by atoms with Crippen LogP contribution in [-0.4, -0.2) is 53.2 Å². The van der Waals surface area contributed by atoms with Gasteiger partial charge in [0, 0.05) is 17.5 Å². The number of nitrogens with one attached hydrogen (secondary N) is 2. The zero-order valence-electron chi connectivity index (χ0n) is 16.8. The molecule has 8 heteroatoms. The highest BCUT2D eigenvalue weighted by Gasteiger charge is 2.35. The van der Waals surface area contributed by atoms with Crippen molar-refractivity contribution >= 4 is 28.9 Å². The number of likely N-dealkylation sites (tertiary alicyclic amines) is 1. The highest BCUT2D eigenvalue weighted by atomic mass is 32.1. The predicted octanol–water partition coefficient (Wildman–Crippen LogP) is 2.15. The first kappa shape index (κ1) is 21.1. The summed E-state index contributed by atoms with van der Waals surface area (Å²) < 4.78 is 0. The van der Waals surface area contributed by atoms with Gasteiger partial charge in [0.05, 0.1) is 12.1 Å². The zero-order chi connectivity index (χ0) is 21.0. The van der Waals surface area contributed by atoms with Gasteiger partial charge < -0.3 is 15.5 Å². The van der Waals surface area contributed by atoms with Gasteiger partial charge in [0.15, 0.2) is 0 Å². The van der Waals surface area contributed by atoms with Crippen LogP contribution in [0, 0.1) is 0 Å². The van der Waals surface area contributed by atoms with Gasteiger partial charge in [-0.3, -0.25) is 14.4 Å². The van der Waals surface area contributed by atoms with Crippen molar-refractivity contribution in [2.24, 2.45) is 0 Å². The summed E-state index contributed by atoms with van der Waals surface area (Å²) in [7, 11) is 1.70. The Labute approximate surface area is 174 Å². The average molecular weight is 415 g/mol. The van der Waals surface area contributed by atoms with E-state index in [4.69, 9.17) is 0 Å². The number of hydrogen-bond acceptors (Lipinski definition) is 6. The molecule has 2 heterocycles. The van der Waals surface area contributed by atoms with Crippen molar-refractivity contribution in [3.05, 3.63) is 52.0 Å². The smallest absolute Gasteiger partial charge is 0.245 e. The molecule has 3 atom stereocenters. The lowest BCUT2D eigenvalue weighted by molar-refractivity contribution is -0.137. The molecule has 1 saturated heterocycles. The lowest BCUT2D eigenvalue weighted by Gasteiger charge is -2.27. The van der Waals surface area contributed by atoms with Crippen LogP contribution < -0.4 is 10.6 Å². The summed E-state index contributed by atoms with van der Waals surface area (Å²) in [6.45, 7) is 4.06. The number of benzene rings is 1. The van der Waals surface area contributed by atoms with Gasteiger partial charge in [-0.2, -0.15) is 0 Å². The molecule has 1 aliphatic heterocycles. The van der Waals surface area contributed by atoms with Crippen LogP contribution in [0.15, 0.2) is 35.7 Å².